The van der Waals surface area contributed by atoms with E-state index in [4.69, 9.17) is 5.73 Å². The first-order valence-corrected chi connectivity index (χ1v) is 4.91. The fourth-order valence-electron chi connectivity index (χ4n) is 1.97. The van der Waals surface area contributed by atoms with Crippen LogP contribution in [0.15, 0.2) is 0 Å². The van der Waals surface area contributed by atoms with Gasteiger partial charge in [0.15, 0.2) is 0 Å². The van der Waals surface area contributed by atoms with Crippen molar-refractivity contribution in [3.8, 4) is 0 Å². The summed E-state index contributed by atoms with van der Waals surface area (Å²) in [5.41, 5.74) is 5.25. The molecular formula is C9H19N3O. The van der Waals surface area contributed by atoms with Crippen LogP contribution in [0.5, 0.6) is 0 Å². The molecule has 13 heavy (non-hydrogen) atoms. The van der Waals surface area contributed by atoms with Crippen molar-refractivity contribution in [1.82, 2.24) is 10.2 Å². The van der Waals surface area contributed by atoms with Crippen molar-refractivity contribution in [3.63, 3.8) is 0 Å². The predicted octanol–water partition coefficient (Wildman–Crippen LogP) is 0.385. The lowest BCUT2D eigenvalue weighted by atomic mass is 9.96. The van der Waals surface area contributed by atoms with Gasteiger partial charge in [-0.25, -0.2) is 4.79 Å². The molecule has 4 heteroatoms. The maximum absolute atomic E-state index is 11.0. The van der Waals surface area contributed by atoms with Gasteiger partial charge >= 0.3 is 6.03 Å². The molecule has 2 amide bonds. The Bertz CT molecular complexity index is 184. The molecule has 0 spiro atoms. The van der Waals surface area contributed by atoms with Gasteiger partial charge in [0.25, 0.3) is 0 Å². The number of likely N-dealkylation sites (tertiary alicyclic amines) is 1. The molecule has 1 aliphatic heterocycles. The van der Waals surface area contributed by atoms with E-state index in [2.05, 4.69) is 19.2 Å². The molecule has 0 aromatic rings. The van der Waals surface area contributed by atoms with Gasteiger partial charge in [0.1, 0.15) is 0 Å². The molecule has 1 saturated heterocycles. The van der Waals surface area contributed by atoms with Crippen molar-refractivity contribution in [2.75, 3.05) is 19.6 Å². The average Bonchev–Trinajstić information content (AvgIpc) is 2.03. The van der Waals surface area contributed by atoms with Gasteiger partial charge in [-0.3, -0.25) is 0 Å². The summed E-state index contributed by atoms with van der Waals surface area (Å²) in [6.07, 6.45) is 1.14. The fourth-order valence-corrected chi connectivity index (χ4v) is 1.97. The number of hydrogen-bond donors (Lipinski definition) is 2. The van der Waals surface area contributed by atoms with Gasteiger partial charge < -0.3 is 16.0 Å². The molecule has 0 radical (unpaired) electrons. The minimum absolute atomic E-state index is 0.297. The first kappa shape index (κ1) is 10.3. The number of amides is 2. The van der Waals surface area contributed by atoms with Crippen LogP contribution in [0.25, 0.3) is 0 Å². The number of hydrogen-bond acceptors (Lipinski definition) is 2. The Morgan fingerprint density at radius 2 is 2.31 bits per heavy atom. The third-order valence-electron chi connectivity index (χ3n) is 2.46. The summed E-state index contributed by atoms with van der Waals surface area (Å²) >= 11 is 0. The van der Waals surface area contributed by atoms with E-state index >= 15 is 0 Å². The molecule has 2 atom stereocenters. The van der Waals surface area contributed by atoms with Crippen molar-refractivity contribution >= 4 is 6.03 Å². The molecular weight excluding hydrogens is 166 g/mol. The van der Waals surface area contributed by atoms with E-state index in [1.54, 1.807) is 4.90 Å². The molecule has 1 heterocycles. The topological polar surface area (TPSA) is 58.4 Å². The second kappa shape index (κ2) is 4.46. The smallest absolute Gasteiger partial charge is 0.314 e. The van der Waals surface area contributed by atoms with Crippen molar-refractivity contribution in [2.24, 2.45) is 11.7 Å². The van der Waals surface area contributed by atoms with E-state index in [0.29, 0.717) is 12.0 Å². The van der Waals surface area contributed by atoms with Gasteiger partial charge in [0.05, 0.1) is 0 Å². The minimum atomic E-state index is -0.297. The van der Waals surface area contributed by atoms with Crippen LogP contribution in [-0.2, 0) is 0 Å². The standard InChI is InChI=1S/C9H19N3O/c1-3-11-8-4-7(2)5-12(6-8)9(10)13/h7-8,11H,3-6H2,1-2H3,(H2,10,13). The maximum atomic E-state index is 11.0. The molecule has 0 aromatic carbocycles. The lowest BCUT2D eigenvalue weighted by Crippen LogP contribution is -2.52. The van der Waals surface area contributed by atoms with Crippen LogP contribution >= 0.6 is 0 Å². The lowest BCUT2D eigenvalue weighted by Gasteiger charge is -2.35. The van der Waals surface area contributed by atoms with Gasteiger partial charge in [-0.15, -0.1) is 0 Å². The Hall–Kier alpha value is -0.770. The number of likely N-dealkylation sites (N-methyl/N-ethyl adjacent to an activating group) is 1. The minimum Gasteiger partial charge on any atom is -0.351 e. The number of nitrogens with two attached hydrogens (primary N) is 1. The fraction of sp³-hybridized carbons (Fsp3) is 0.889. The zero-order valence-corrected chi connectivity index (χ0v) is 8.42. The number of nitrogens with zero attached hydrogens (tertiary/aromatic N) is 1. The van der Waals surface area contributed by atoms with Gasteiger partial charge in [0.2, 0.25) is 0 Å². The second-order valence-electron chi connectivity index (χ2n) is 3.84. The summed E-state index contributed by atoms with van der Waals surface area (Å²) in [5.74, 6) is 0.547. The highest BCUT2D eigenvalue weighted by Gasteiger charge is 2.25. The molecule has 3 N–H and O–H groups in total. The zero-order valence-electron chi connectivity index (χ0n) is 8.42. The van der Waals surface area contributed by atoms with Crippen LogP contribution in [0.3, 0.4) is 0 Å². The number of primary amides is 1. The summed E-state index contributed by atoms with van der Waals surface area (Å²) in [5, 5.41) is 3.35. The molecule has 0 aromatic heterocycles. The molecule has 76 valence electrons. The average molecular weight is 185 g/mol. The van der Waals surface area contributed by atoms with E-state index < -0.39 is 0 Å². The van der Waals surface area contributed by atoms with Crippen molar-refractivity contribution in [2.45, 2.75) is 26.3 Å². The Morgan fingerprint density at radius 1 is 1.62 bits per heavy atom. The van der Waals surface area contributed by atoms with E-state index in [1.807, 2.05) is 0 Å². The molecule has 2 unspecified atom stereocenters. The number of urea groups is 1. The highest BCUT2D eigenvalue weighted by Crippen LogP contribution is 2.15. The highest BCUT2D eigenvalue weighted by atomic mass is 16.2. The van der Waals surface area contributed by atoms with Crippen LogP contribution in [0.2, 0.25) is 0 Å². The van der Waals surface area contributed by atoms with Crippen molar-refractivity contribution in [1.29, 1.82) is 0 Å². The molecule has 0 aliphatic carbocycles. The SMILES string of the molecule is CCNC1CC(C)CN(C(N)=O)C1. The van der Waals surface area contributed by atoms with Crippen molar-refractivity contribution < 1.29 is 4.79 Å². The summed E-state index contributed by atoms with van der Waals surface area (Å²) in [4.78, 5) is 12.7. The molecule has 1 aliphatic rings. The number of nitrogens with one attached hydrogen (secondary N) is 1. The van der Waals surface area contributed by atoms with Gasteiger partial charge in [-0.2, -0.15) is 0 Å². The number of piperidine rings is 1. The summed E-state index contributed by atoms with van der Waals surface area (Å²) in [6, 6.07) is 0.121. The summed E-state index contributed by atoms with van der Waals surface area (Å²) in [7, 11) is 0. The van der Waals surface area contributed by atoms with Crippen LogP contribution < -0.4 is 11.1 Å². The van der Waals surface area contributed by atoms with Crippen LogP contribution in [-0.4, -0.2) is 36.6 Å². The van der Waals surface area contributed by atoms with E-state index in [-0.39, 0.29) is 6.03 Å². The maximum Gasteiger partial charge on any atom is 0.314 e. The Balaban J connectivity index is 2.47. The molecule has 1 rings (SSSR count). The second-order valence-corrected chi connectivity index (χ2v) is 3.84. The summed E-state index contributed by atoms with van der Waals surface area (Å²) < 4.78 is 0. The van der Waals surface area contributed by atoms with Crippen LogP contribution in [0.4, 0.5) is 4.79 Å². The van der Waals surface area contributed by atoms with E-state index in [1.165, 1.54) is 0 Å². The Labute approximate surface area is 79.5 Å². The van der Waals surface area contributed by atoms with Crippen molar-refractivity contribution in [3.05, 3.63) is 0 Å². The normalized spacial score (nSPS) is 28.9. The molecule has 1 fully saturated rings. The third kappa shape index (κ3) is 2.88. The number of carbonyl (C=O) groups is 1. The van der Waals surface area contributed by atoms with Gasteiger partial charge in [-0.1, -0.05) is 13.8 Å². The first-order valence-electron chi connectivity index (χ1n) is 4.91. The lowest BCUT2D eigenvalue weighted by molar-refractivity contribution is 0.159. The number of carbonyl (C=O) groups excluding carboxylic acids is 1. The molecule has 0 saturated carbocycles. The quantitative estimate of drug-likeness (QED) is 0.653. The van der Waals surface area contributed by atoms with Gasteiger partial charge in [0, 0.05) is 19.1 Å². The predicted molar refractivity (Wildman–Crippen MR) is 52.4 cm³/mol. The Kier molecular flexibility index (Phi) is 3.54. The monoisotopic (exact) mass is 185 g/mol. The molecule has 4 nitrogen and oxygen atoms in total. The van der Waals surface area contributed by atoms with Gasteiger partial charge in [-0.05, 0) is 18.9 Å². The zero-order chi connectivity index (χ0) is 9.84. The van der Waals surface area contributed by atoms with E-state index in [9.17, 15) is 4.79 Å². The number of rotatable bonds is 2. The third-order valence-corrected chi connectivity index (χ3v) is 2.46. The largest absolute Gasteiger partial charge is 0.351 e. The van der Waals surface area contributed by atoms with E-state index in [0.717, 1.165) is 26.1 Å². The molecule has 0 bridgehead atoms. The van der Waals surface area contributed by atoms with Crippen LogP contribution in [0.1, 0.15) is 20.3 Å². The summed E-state index contributed by atoms with van der Waals surface area (Å²) in [6.45, 7) is 6.74. The highest BCUT2D eigenvalue weighted by molar-refractivity contribution is 5.72. The first-order chi connectivity index (χ1) is 6.13. The Morgan fingerprint density at radius 3 is 2.85 bits per heavy atom. The van der Waals surface area contributed by atoms with Crippen LogP contribution in [0, 0.1) is 5.92 Å².